The van der Waals surface area contributed by atoms with Crippen LogP contribution >= 0.6 is 11.6 Å². The average Bonchev–Trinajstić information content (AvgIpc) is 2.62. The molecule has 0 spiro atoms. The number of alkyl halides is 1. The van der Waals surface area contributed by atoms with Crippen molar-refractivity contribution in [2.24, 2.45) is 5.73 Å². The van der Waals surface area contributed by atoms with Gasteiger partial charge in [-0.1, -0.05) is 11.3 Å². The summed E-state index contributed by atoms with van der Waals surface area (Å²) in [6, 6.07) is 5.15. The minimum Gasteiger partial charge on any atom is -0.368 e. The van der Waals surface area contributed by atoms with Crippen molar-refractivity contribution in [1.29, 1.82) is 0 Å². The number of fused-ring (bicyclic) bond motifs is 1. The van der Waals surface area contributed by atoms with Crippen molar-refractivity contribution in [2.45, 2.75) is 5.38 Å². The van der Waals surface area contributed by atoms with Gasteiger partial charge in [-0.25, -0.2) is 0 Å². The summed E-state index contributed by atoms with van der Waals surface area (Å²) in [7, 11) is 0. The Morgan fingerprint density at radius 3 is 3.07 bits per heavy atom. The third-order valence-corrected chi connectivity index (χ3v) is 2.36. The van der Waals surface area contributed by atoms with Gasteiger partial charge in [-0.15, -0.1) is 16.7 Å². The highest BCUT2D eigenvalue weighted by Crippen LogP contribution is 2.22. The Hall–Kier alpha value is -1.62. The van der Waals surface area contributed by atoms with Gasteiger partial charge < -0.3 is 5.73 Å². The summed E-state index contributed by atoms with van der Waals surface area (Å²) < 4.78 is 0. The summed E-state index contributed by atoms with van der Waals surface area (Å²) in [5.41, 5.74) is 7.15. The number of rotatable bonds is 2. The van der Waals surface area contributed by atoms with E-state index < -0.39 is 11.3 Å². The fourth-order valence-electron chi connectivity index (χ4n) is 1.18. The first-order valence-corrected chi connectivity index (χ1v) is 4.36. The maximum absolute atomic E-state index is 10.8. The second-order valence-corrected chi connectivity index (χ2v) is 3.29. The summed E-state index contributed by atoms with van der Waals surface area (Å²) >= 11 is 5.78. The highest BCUT2D eigenvalue weighted by Gasteiger charge is 2.14. The number of carbonyl (C=O) groups is 1. The monoisotopic (exact) mass is 210 g/mol. The highest BCUT2D eigenvalue weighted by molar-refractivity contribution is 6.30. The van der Waals surface area contributed by atoms with E-state index in [1.807, 2.05) is 0 Å². The van der Waals surface area contributed by atoms with E-state index in [2.05, 4.69) is 15.4 Å². The van der Waals surface area contributed by atoms with Crippen molar-refractivity contribution in [3.05, 3.63) is 23.8 Å². The number of nitrogens with zero attached hydrogens (tertiary/aromatic N) is 2. The summed E-state index contributed by atoms with van der Waals surface area (Å²) in [6.45, 7) is 0. The minimum atomic E-state index is -0.823. The number of nitrogens with one attached hydrogen (secondary N) is 1. The van der Waals surface area contributed by atoms with Crippen LogP contribution in [0.1, 0.15) is 10.9 Å². The van der Waals surface area contributed by atoms with Crippen LogP contribution in [0.5, 0.6) is 0 Å². The Balaban J connectivity index is 2.48. The van der Waals surface area contributed by atoms with Gasteiger partial charge in [0.25, 0.3) is 0 Å². The molecule has 1 unspecified atom stereocenters. The number of primary amides is 1. The van der Waals surface area contributed by atoms with Gasteiger partial charge in [0.2, 0.25) is 5.91 Å². The van der Waals surface area contributed by atoms with E-state index >= 15 is 0 Å². The first-order chi connectivity index (χ1) is 6.68. The van der Waals surface area contributed by atoms with Crippen molar-refractivity contribution in [3.8, 4) is 0 Å². The third kappa shape index (κ3) is 1.42. The van der Waals surface area contributed by atoms with Crippen LogP contribution in [0.3, 0.4) is 0 Å². The molecule has 1 amide bonds. The number of hydrogen-bond donors (Lipinski definition) is 2. The van der Waals surface area contributed by atoms with E-state index in [1.165, 1.54) is 0 Å². The SMILES string of the molecule is NC(=O)C(Cl)c1ccc2[nH]nnc2c1. The van der Waals surface area contributed by atoms with Crippen molar-refractivity contribution >= 4 is 28.5 Å². The Morgan fingerprint density at radius 1 is 1.57 bits per heavy atom. The van der Waals surface area contributed by atoms with E-state index in [0.717, 1.165) is 5.52 Å². The zero-order chi connectivity index (χ0) is 10.1. The second kappa shape index (κ2) is 3.26. The molecule has 0 saturated carbocycles. The molecule has 1 heterocycles. The lowest BCUT2D eigenvalue weighted by atomic mass is 10.1. The first kappa shape index (κ1) is 8.96. The van der Waals surface area contributed by atoms with Crippen molar-refractivity contribution in [2.75, 3.05) is 0 Å². The third-order valence-electron chi connectivity index (χ3n) is 1.89. The smallest absolute Gasteiger partial charge is 0.240 e. The molecule has 0 aliphatic heterocycles. The molecule has 0 aliphatic carbocycles. The lowest BCUT2D eigenvalue weighted by Gasteiger charge is -2.03. The van der Waals surface area contributed by atoms with Crippen molar-refractivity contribution < 1.29 is 4.79 Å². The van der Waals surface area contributed by atoms with Crippen LogP contribution in [0.15, 0.2) is 18.2 Å². The van der Waals surface area contributed by atoms with Crippen LogP contribution < -0.4 is 5.73 Å². The fraction of sp³-hybridized carbons (Fsp3) is 0.125. The largest absolute Gasteiger partial charge is 0.368 e. The summed E-state index contributed by atoms with van der Waals surface area (Å²) in [6.07, 6.45) is 0. The van der Waals surface area contributed by atoms with E-state index in [-0.39, 0.29) is 0 Å². The molecule has 0 fully saturated rings. The number of aromatic amines is 1. The zero-order valence-electron chi connectivity index (χ0n) is 7.07. The van der Waals surface area contributed by atoms with Gasteiger partial charge >= 0.3 is 0 Å². The molecule has 14 heavy (non-hydrogen) atoms. The zero-order valence-corrected chi connectivity index (χ0v) is 7.82. The molecule has 1 aromatic heterocycles. The molecule has 2 aromatic rings. The van der Waals surface area contributed by atoms with Gasteiger partial charge in [0, 0.05) is 0 Å². The van der Waals surface area contributed by atoms with Gasteiger partial charge in [-0.05, 0) is 17.7 Å². The quantitative estimate of drug-likeness (QED) is 0.717. The van der Waals surface area contributed by atoms with Gasteiger partial charge in [-0.3, -0.25) is 9.89 Å². The molecular formula is C8H7ClN4O. The summed E-state index contributed by atoms with van der Waals surface area (Å²) in [5.74, 6) is -0.575. The van der Waals surface area contributed by atoms with E-state index in [9.17, 15) is 4.79 Å². The number of nitrogens with two attached hydrogens (primary N) is 1. The summed E-state index contributed by atoms with van der Waals surface area (Å²) in [5, 5.41) is 9.29. The van der Waals surface area contributed by atoms with Crippen LogP contribution in [0, 0.1) is 0 Å². The molecule has 0 saturated heterocycles. The van der Waals surface area contributed by atoms with Crippen LogP contribution in [-0.2, 0) is 4.79 Å². The van der Waals surface area contributed by atoms with E-state index in [4.69, 9.17) is 17.3 Å². The Morgan fingerprint density at radius 2 is 2.36 bits per heavy atom. The molecule has 72 valence electrons. The molecule has 3 N–H and O–H groups in total. The van der Waals surface area contributed by atoms with E-state index in [1.54, 1.807) is 18.2 Å². The number of hydrogen-bond acceptors (Lipinski definition) is 3. The number of amides is 1. The molecule has 5 nitrogen and oxygen atoms in total. The maximum Gasteiger partial charge on any atom is 0.240 e. The number of benzene rings is 1. The van der Waals surface area contributed by atoms with Gasteiger partial charge in [-0.2, -0.15) is 0 Å². The van der Waals surface area contributed by atoms with Crippen molar-refractivity contribution in [1.82, 2.24) is 15.4 Å². The molecule has 0 radical (unpaired) electrons. The number of H-pyrrole nitrogens is 1. The molecule has 2 rings (SSSR count). The van der Waals surface area contributed by atoms with Crippen LogP contribution in [0.25, 0.3) is 11.0 Å². The second-order valence-electron chi connectivity index (χ2n) is 2.85. The Labute approximate surface area is 84.2 Å². The molecule has 1 atom stereocenters. The highest BCUT2D eigenvalue weighted by atomic mass is 35.5. The summed E-state index contributed by atoms with van der Waals surface area (Å²) in [4.78, 5) is 10.8. The lowest BCUT2D eigenvalue weighted by Crippen LogP contribution is -2.16. The standard InChI is InChI=1S/C8H7ClN4O/c9-7(8(10)14)4-1-2-5-6(3-4)12-13-11-5/h1-3,7H,(H2,10,14)(H,11,12,13). The predicted octanol–water partition coefficient (Wildman–Crippen LogP) is 0.723. The van der Waals surface area contributed by atoms with Gasteiger partial charge in [0.15, 0.2) is 0 Å². The predicted molar refractivity (Wildman–Crippen MR) is 51.7 cm³/mol. The molecule has 6 heteroatoms. The van der Waals surface area contributed by atoms with Crippen LogP contribution in [0.4, 0.5) is 0 Å². The average molecular weight is 211 g/mol. The topological polar surface area (TPSA) is 84.7 Å². The molecule has 0 aliphatic rings. The normalized spacial score (nSPS) is 12.9. The fourth-order valence-corrected chi connectivity index (χ4v) is 1.32. The number of carbonyl (C=O) groups excluding carboxylic acids is 1. The van der Waals surface area contributed by atoms with E-state index in [0.29, 0.717) is 11.1 Å². The minimum absolute atomic E-state index is 0.575. The number of halogens is 1. The Bertz CT molecular complexity index is 481. The van der Waals surface area contributed by atoms with Crippen LogP contribution in [-0.4, -0.2) is 21.3 Å². The van der Waals surface area contributed by atoms with Crippen molar-refractivity contribution in [3.63, 3.8) is 0 Å². The van der Waals surface area contributed by atoms with Gasteiger partial charge in [0.1, 0.15) is 10.9 Å². The van der Waals surface area contributed by atoms with Gasteiger partial charge in [0.05, 0.1) is 5.52 Å². The molecular weight excluding hydrogens is 204 g/mol. The number of aromatic nitrogens is 3. The first-order valence-electron chi connectivity index (χ1n) is 3.92. The lowest BCUT2D eigenvalue weighted by molar-refractivity contribution is -0.117. The maximum atomic E-state index is 10.8. The van der Waals surface area contributed by atoms with Crippen LogP contribution in [0.2, 0.25) is 0 Å². The molecule has 0 bridgehead atoms. The molecule has 1 aromatic carbocycles. The Kier molecular flexibility index (Phi) is 2.09.